The molecule has 30 heavy (non-hydrogen) atoms. The van der Waals surface area contributed by atoms with E-state index in [1.165, 1.54) is 17.4 Å². The van der Waals surface area contributed by atoms with Crippen LogP contribution in [0.2, 0.25) is 0 Å². The lowest BCUT2D eigenvalue weighted by Crippen LogP contribution is -2.07. The molecule has 0 radical (unpaired) electrons. The number of carbonyl (C=O) groups excluding carboxylic acids is 1. The molecule has 8 heteroatoms. The van der Waals surface area contributed by atoms with Gasteiger partial charge in [0.1, 0.15) is 0 Å². The van der Waals surface area contributed by atoms with E-state index in [1.54, 1.807) is 6.08 Å². The third-order valence-electron chi connectivity index (χ3n) is 4.75. The second kappa shape index (κ2) is 7.72. The van der Waals surface area contributed by atoms with Gasteiger partial charge in [0.05, 0.1) is 5.69 Å². The molecule has 1 N–H and O–H groups in total. The molecule has 3 aromatic rings. The summed E-state index contributed by atoms with van der Waals surface area (Å²) in [7, 11) is 0. The number of aryl methyl sites for hydroxylation is 1. The number of amides is 1. The molecule has 152 valence electrons. The van der Waals surface area contributed by atoms with Crippen LogP contribution in [0.3, 0.4) is 0 Å². The van der Waals surface area contributed by atoms with Crippen molar-refractivity contribution in [1.82, 2.24) is 4.98 Å². The van der Waals surface area contributed by atoms with E-state index in [9.17, 15) is 4.79 Å². The molecular formula is C22H18N2O5S. The highest BCUT2D eigenvalue weighted by molar-refractivity contribution is 7.15. The summed E-state index contributed by atoms with van der Waals surface area (Å²) in [6, 6.07) is 11.4. The molecule has 7 nitrogen and oxygen atoms in total. The number of ether oxygens (including phenoxy) is 4. The molecule has 2 aliphatic rings. The molecule has 1 aromatic heterocycles. The minimum absolute atomic E-state index is 0.223. The van der Waals surface area contributed by atoms with Crippen molar-refractivity contribution in [3.8, 4) is 23.0 Å². The highest BCUT2D eigenvalue weighted by atomic mass is 32.1. The fourth-order valence-electron chi connectivity index (χ4n) is 3.22. The van der Waals surface area contributed by atoms with Gasteiger partial charge in [0, 0.05) is 17.4 Å². The van der Waals surface area contributed by atoms with E-state index >= 15 is 0 Å². The fourth-order valence-corrected chi connectivity index (χ4v) is 4.22. The van der Waals surface area contributed by atoms with Crippen LogP contribution < -0.4 is 24.3 Å². The summed E-state index contributed by atoms with van der Waals surface area (Å²) in [6.07, 6.45) is 3.92. The van der Waals surface area contributed by atoms with Gasteiger partial charge in [0.2, 0.25) is 19.5 Å². The highest BCUT2D eigenvalue weighted by Gasteiger charge is 2.16. The van der Waals surface area contributed by atoms with Crippen LogP contribution in [-0.4, -0.2) is 24.5 Å². The summed E-state index contributed by atoms with van der Waals surface area (Å²) in [5, 5.41) is 3.41. The van der Waals surface area contributed by atoms with Gasteiger partial charge in [-0.3, -0.25) is 10.1 Å². The van der Waals surface area contributed by atoms with E-state index in [0.717, 1.165) is 33.2 Å². The summed E-state index contributed by atoms with van der Waals surface area (Å²) in [5.74, 6) is 2.68. The Balaban J connectivity index is 1.24. The zero-order valence-electron chi connectivity index (χ0n) is 16.1. The Morgan fingerprint density at radius 1 is 1.03 bits per heavy atom. The van der Waals surface area contributed by atoms with Crippen molar-refractivity contribution in [3.63, 3.8) is 0 Å². The summed E-state index contributed by atoms with van der Waals surface area (Å²) in [5.41, 5.74) is 2.85. The predicted molar refractivity (Wildman–Crippen MR) is 112 cm³/mol. The van der Waals surface area contributed by atoms with Crippen LogP contribution in [0.4, 0.5) is 5.13 Å². The molecule has 0 atom stereocenters. The van der Waals surface area contributed by atoms with Gasteiger partial charge in [0.25, 0.3) is 0 Å². The Hall–Kier alpha value is -3.52. The first kappa shape index (κ1) is 18.5. The molecule has 0 spiro atoms. The monoisotopic (exact) mass is 422 g/mol. The van der Waals surface area contributed by atoms with Crippen molar-refractivity contribution < 1.29 is 23.7 Å². The molecule has 0 saturated heterocycles. The van der Waals surface area contributed by atoms with Crippen LogP contribution in [-0.2, 0) is 11.2 Å². The first-order chi connectivity index (χ1) is 14.6. The fraction of sp³-hybridized carbons (Fsp3) is 0.182. The van der Waals surface area contributed by atoms with Crippen molar-refractivity contribution >= 4 is 28.5 Å². The number of carbonyl (C=O) groups is 1. The van der Waals surface area contributed by atoms with Crippen LogP contribution >= 0.6 is 11.3 Å². The minimum Gasteiger partial charge on any atom is -0.454 e. The Labute approximate surface area is 176 Å². The van der Waals surface area contributed by atoms with Gasteiger partial charge in [0.15, 0.2) is 28.1 Å². The SMILES string of the molecule is Cc1nc(NC(=O)/C=C/c2ccc3c(c2)OCO3)sc1Cc1ccc2c(c1)OCO2. The van der Waals surface area contributed by atoms with Crippen molar-refractivity contribution in [1.29, 1.82) is 0 Å². The van der Waals surface area contributed by atoms with Crippen molar-refractivity contribution in [2.24, 2.45) is 0 Å². The molecule has 2 aliphatic heterocycles. The number of aromatic nitrogens is 1. The maximum atomic E-state index is 12.3. The Morgan fingerprint density at radius 2 is 1.73 bits per heavy atom. The lowest BCUT2D eigenvalue weighted by Gasteiger charge is -2.02. The first-order valence-corrected chi connectivity index (χ1v) is 10.2. The van der Waals surface area contributed by atoms with Crippen LogP contribution in [0.1, 0.15) is 21.7 Å². The van der Waals surface area contributed by atoms with Crippen LogP contribution in [0.15, 0.2) is 42.5 Å². The molecule has 0 bridgehead atoms. The highest BCUT2D eigenvalue weighted by Crippen LogP contribution is 2.35. The number of rotatable bonds is 5. The standard InChI is InChI=1S/C22H18N2O5S/c1-13-20(10-15-3-6-17-19(9-15)29-12-27-17)30-22(23-13)24-21(25)7-4-14-2-5-16-18(8-14)28-11-26-16/h2-9H,10-12H2,1H3,(H,23,24,25)/b7-4+. The lowest BCUT2D eigenvalue weighted by atomic mass is 10.1. The normalized spacial score (nSPS) is 13.8. The second-order valence-electron chi connectivity index (χ2n) is 6.83. The smallest absolute Gasteiger partial charge is 0.250 e. The van der Waals surface area contributed by atoms with Crippen molar-refractivity contribution in [2.45, 2.75) is 13.3 Å². The van der Waals surface area contributed by atoms with E-state index in [2.05, 4.69) is 10.3 Å². The van der Waals surface area contributed by atoms with E-state index in [4.69, 9.17) is 18.9 Å². The van der Waals surface area contributed by atoms with Gasteiger partial charge in [-0.15, -0.1) is 11.3 Å². The Bertz CT molecular complexity index is 1150. The number of hydrogen-bond donors (Lipinski definition) is 1. The van der Waals surface area contributed by atoms with Crippen molar-refractivity contribution in [2.75, 3.05) is 18.9 Å². The largest absolute Gasteiger partial charge is 0.454 e. The van der Waals surface area contributed by atoms with E-state index in [1.807, 2.05) is 43.3 Å². The molecule has 1 amide bonds. The first-order valence-electron chi connectivity index (χ1n) is 9.37. The van der Waals surface area contributed by atoms with E-state index < -0.39 is 0 Å². The molecule has 0 fully saturated rings. The summed E-state index contributed by atoms with van der Waals surface area (Å²) in [4.78, 5) is 17.9. The average molecular weight is 422 g/mol. The summed E-state index contributed by atoms with van der Waals surface area (Å²) < 4.78 is 21.4. The van der Waals surface area contributed by atoms with Gasteiger partial charge in [-0.2, -0.15) is 0 Å². The number of nitrogens with zero attached hydrogens (tertiary/aromatic N) is 1. The molecule has 0 unspecified atom stereocenters. The van der Waals surface area contributed by atoms with Gasteiger partial charge in [-0.25, -0.2) is 4.98 Å². The third-order valence-corrected chi connectivity index (χ3v) is 5.82. The topological polar surface area (TPSA) is 78.9 Å². The number of nitrogens with one attached hydrogen (secondary N) is 1. The molecule has 3 heterocycles. The second-order valence-corrected chi connectivity index (χ2v) is 7.91. The minimum atomic E-state index is -0.240. The molecule has 0 aliphatic carbocycles. The number of thiazole rings is 1. The van der Waals surface area contributed by atoms with Gasteiger partial charge in [-0.1, -0.05) is 12.1 Å². The zero-order valence-corrected chi connectivity index (χ0v) is 17.0. The van der Waals surface area contributed by atoms with Crippen LogP contribution in [0.5, 0.6) is 23.0 Å². The predicted octanol–water partition coefficient (Wildman–Crippen LogP) is 4.15. The third kappa shape index (κ3) is 3.81. The molecule has 2 aromatic carbocycles. The Morgan fingerprint density at radius 3 is 2.53 bits per heavy atom. The molecule has 5 rings (SSSR count). The van der Waals surface area contributed by atoms with Gasteiger partial charge >= 0.3 is 0 Å². The number of fused-ring (bicyclic) bond motifs is 2. The van der Waals surface area contributed by atoms with Crippen LogP contribution in [0, 0.1) is 6.92 Å². The maximum Gasteiger partial charge on any atom is 0.250 e. The van der Waals surface area contributed by atoms with Gasteiger partial charge < -0.3 is 18.9 Å². The maximum absolute atomic E-state index is 12.3. The zero-order chi connectivity index (χ0) is 20.5. The van der Waals surface area contributed by atoms with E-state index in [0.29, 0.717) is 23.1 Å². The van der Waals surface area contributed by atoms with Crippen molar-refractivity contribution in [3.05, 3.63) is 64.2 Å². The number of anilines is 1. The van der Waals surface area contributed by atoms with Crippen LogP contribution in [0.25, 0.3) is 6.08 Å². The van der Waals surface area contributed by atoms with Gasteiger partial charge in [-0.05, 0) is 48.4 Å². The molecular weight excluding hydrogens is 404 g/mol. The number of hydrogen-bond acceptors (Lipinski definition) is 7. The summed E-state index contributed by atoms with van der Waals surface area (Å²) >= 11 is 1.47. The molecule has 0 saturated carbocycles. The lowest BCUT2D eigenvalue weighted by molar-refractivity contribution is -0.111. The van der Waals surface area contributed by atoms with E-state index in [-0.39, 0.29) is 19.5 Å². The quantitative estimate of drug-likeness (QED) is 0.623. The summed E-state index contributed by atoms with van der Waals surface area (Å²) in [6.45, 7) is 2.42. The number of benzene rings is 2. The average Bonchev–Trinajstić information content (AvgIpc) is 3.46. The Kier molecular flexibility index (Phi) is 4.76.